The van der Waals surface area contributed by atoms with Crippen LogP contribution in [-0.4, -0.2) is 17.2 Å². The highest BCUT2D eigenvalue weighted by molar-refractivity contribution is 5.71. The van der Waals surface area contributed by atoms with Gasteiger partial charge in [-0.15, -0.1) is 0 Å². The predicted octanol–water partition coefficient (Wildman–Crippen LogP) is 5.39. The Morgan fingerprint density at radius 1 is 1.17 bits per heavy atom. The van der Waals surface area contributed by atoms with Gasteiger partial charge >= 0.3 is 5.97 Å². The van der Waals surface area contributed by atoms with Gasteiger partial charge in [0.25, 0.3) is 0 Å². The van der Waals surface area contributed by atoms with Crippen molar-refractivity contribution in [1.29, 1.82) is 0 Å². The number of hydrogen-bond donors (Lipinski definition) is 1. The van der Waals surface area contributed by atoms with Crippen LogP contribution in [0, 0.1) is 5.92 Å². The van der Waals surface area contributed by atoms with Crippen LogP contribution < -0.4 is 4.74 Å². The average Bonchev–Trinajstić information content (AvgIpc) is 2.58. The molecule has 0 fully saturated rings. The Hall–Kier alpha value is -1.51. The van der Waals surface area contributed by atoms with Gasteiger partial charge in [-0.05, 0) is 61.8 Å². The Morgan fingerprint density at radius 3 is 2.71 bits per heavy atom. The molecule has 0 saturated carbocycles. The zero-order valence-corrected chi connectivity index (χ0v) is 15.2. The van der Waals surface area contributed by atoms with Crippen LogP contribution in [0.25, 0.3) is 0 Å². The van der Waals surface area contributed by atoms with Crippen molar-refractivity contribution in [1.82, 2.24) is 0 Å². The molecular weight excluding hydrogens is 300 g/mol. The lowest BCUT2D eigenvalue weighted by Gasteiger charge is -2.24. The van der Waals surface area contributed by atoms with Crippen LogP contribution in [0.15, 0.2) is 18.2 Å². The first-order valence-electron chi connectivity index (χ1n) is 9.65. The fourth-order valence-electron chi connectivity index (χ4n) is 3.59. The molecule has 0 saturated heterocycles. The van der Waals surface area contributed by atoms with E-state index in [9.17, 15) is 9.90 Å². The fourth-order valence-corrected chi connectivity index (χ4v) is 3.59. The molecule has 24 heavy (non-hydrogen) atoms. The van der Waals surface area contributed by atoms with E-state index in [1.807, 2.05) is 6.07 Å². The van der Waals surface area contributed by atoms with Crippen LogP contribution in [0.2, 0.25) is 0 Å². The van der Waals surface area contributed by atoms with Crippen molar-refractivity contribution >= 4 is 5.97 Å². The predicted molar refractivity (Wildman–Crippen MR) is 97.7 cm³/mol. The molecule has 1 aromatic carbocycles. The summed E-state index contributed by atoms with van der Waals surface area (Å²) < 4.78 is 6.26. The van der Waals surface area contributed by atoms with Gasteiger partial charge in [-0.2, -0.15) is 0 Å². The summed E-state index contributed by atoms with van der Waals surface area (Å²) in [5.74, 6) is 0.0585. The van der Waals surface area contributed by atoms with Crippen LogP contribution in [0.1, 0.15) is 76.3 Å². The molecule has 0 radical (unpaired) electrons. The topological polar surface area (TPSA) is 46.5 Å². The highest BCUT2D eigenvalue weighted by atomic mass is 16.5. The van der Waals surface area contributed by atoms with Crippen molar-refractivity contribution in [2.45, 2.75) is 84.2 Å². The van der Waals surface area contributed by atoms with Gasteiger partial charge in [-0.3, -0.25) is 4.79 Å². The highest BCUT2D eigenvalue weighted by Gasteiger charge is 2.24. The van der Waals surface area contributed by atoms with Crippen LogP contribution in [0.5, 0.6) is 5.75 Å². The van der Waals surface area contributed by atoms with Gasteiger partial charge in [0.2, 0.25) is 0 Å². The molecule has 134 valence electrons. The van der Waals surface area contributed by atoms with E-state index in [4.69, 9.17) is 4.74 Å². The number of carbonyl (C=O) groups is 1. The minimum atomic E-state index is -0.670. The molecular formula is C21H32O3. The molecule has 3 heteroatoms. The summed E-state index contributed by atoms with van der Waals surface area (Å²) in [5.41, 5.74) is 2.45. The SMILES string of the molecule is CCCCCCC(CCC)Oc1ccc2c(c1)CCC(C(=O)O)C2. The van der Waals surface area contributed by atoms with Crippen LogP contribution in [0.3, 0.4) is 0 Å². The number of hydrogen-bond acceptors (Lipinski definition) is 2. The fraction of sp³-hybridized carbons (Fsp3) is 0.667. The minimum Gasteiger partial charge on any atom is -0.490 e. The second kappa shape index (κ2) is 9.71. The van der Waals surface area contributed by atoms with Crippen molar-refractivity contribution in [3.05, 3.63) is 29.3 Å². The first-order valence-corrected chi connectivity index (χ1v) is 9.65. The first-order chi connectivity index (χ1) is 11.6. The molecule has 2 atom stereocenters. The molecule has 1 aliphatic rings. The van der Waals surface area contributed by atoms with Crippen LogP contribution in [0.4, 0.5) is 0 Å². The Kier molecular flexibility index (Phi) is 7.61. The molecule has 0 bridgehead atoms. The number of ether oxygens (including phenoxy) is 1. The van der Waals surface area contributed by atoms with E-state index < -0.39 is 5.97 Å². The van der Waals surface area contributed by atoms with E-state index in [0.29, 0.717) is 12.5 Å². The lowest BCUT2D eigenvalue weighted by Crippen LogP contribution is -2.22. The summed E-state index contributed by atoms with van der Waals surface area (Å²) in [7, 11) is 0. The molecule has 0 aliphatic heterocycles. The summed E-state index contributed by atoms with van der Waals surface area (Å²) in [6, 6.07) is 6.24. The van der Waals surface area contributed by atoms with Crippen molar-refractivity contribution in [2.24, 2.45) is 5.92 Å². The van der Waals surface area contributed by atoms with Crippen LogP contribution >= 0.6 is 0 Å². The summed E-state index contributed by atoms with van der Waals surface area (Å²) in [6.07, 6.45) is 11.0. The van der Waals surface area contributed by atoms with Gasteiger partial charge in [0.15, 0.2) is 0 Å². The van der Waals surface area contributed by atoms with Crippen molar-refractivity contribution in [3.63, 3.8) is 0 Å². The average molecular weight is 332 g/mol. The summed E-state index contributed by atoms with van der Waals surface area (Å²) >= 11 is 0. The number of aryl methyl sites for hydroxylation is 1. The third-order valence-electron chi connectivity index (χ3n) is 5.05. The Balaban J connectivity index is 1.94. The maximum atomic E-state index is 11.2. The van der Waals surface area contributed by atoms with E-state index in [-0.39, 0.29) is 5.92 Å². The molecule has 0 amide bonds. The Labute approximate surface area is 146 Å². The lowest BCUT2D eigenvalue weighted by molar-refractivity contribution is -0.142. The number of fused-ring (bicyclic) bond motifs is 1. The highest BCUT2D eigenvalue weighted by Crippen LogP contribution is 2.30. The molecule has 0 spiro atoms. The van der Waals surface area contributed by atoms with E-state index >= 15 is 0 Å². The number of carboxylic acids is 1. The van der Waals surface area contributed by atoms with Crippen molar-refractivity contribution in [3.8, 4) is 5.75 Å². The number of benzene rings is 1. The quantitative estimate of drug-likeness (QED) is 0.584. The van der Waals surface area contributed by atoms with E-state index in [0.717, 1.165) is 37.9 Å². The number of unbranched alkanes of at least 4 members (excludes halogenated alkanes) is 3. The van der Waals surface area contributed by atoms with Gasteiger partial charge in [-0.1, -0.05) is 45.6 Å². The van der Waals surface area contributed by atoms with Crippen molar-refractivity contribution in [2.75, 3.05) is 0 Å². The smallest absolute Gasteiger partial charge is 0.306 e. The van der Waals surface area contributed by atoms with Gasteiger partial charge in [-0.25, -0.2) is 0 Å². The Bertz CT molecular complexity index is 524. The second-order valence-electron chi connectivity index (χ2n) is 7.09. The van der Waals surface area contributed by atoms with Gasteiger partial charge < -0.3 is 9.84 Å². The van der Waals surface area contributed by atoms with Crippen molar-refractivity contribution < 1.29 is 14.6 Å². The third-order valence-corrected chi connectivity index (χ3v) is 5.05. The Morgan fingerprint density at radius 2 is 2.00 bits per heavy atom. The normalized spacial score (nSPS) is 18.0. The largest absolute Gasteiger partial charge is 0.490 e. The first kappa shape index (κ1) is 18.8. The van der Waals surface area contributed by atoms with E-state index in [1.165, 1.54) is 36.8 Å². The van der Waals surface area contributed by atoms with E-state index in [2.05, 4.69) is 26.0 Å². The lowest BCUT2D eigenvalue weighted by atomic mass is 9.84. The maximum absolute atomic E-state index is 11.2. The van der Waals surface area contributed by atoms with Crippen LogP contribution in [-0.2, 0) is 17.6 Å². The molecule has 3 nitrogen and oxygen atoms in total. The standard InChI is InChI=1S/C21H32O3/c1-3-5-6-7-9-19(8-4-2)24-20-13-12-16-14-18(21(22)23)11-10-17(16)15-20/h12-13,15,18-19H,3-11,14H2,1-2H3,(H,22,23). The molecule has 1 aliphatic carbocycles. The number of rotatable bonds is 10. The van der Waals surface area contributed by atoms with Gasteiger partial charge in [0.05, 0.1) is 12.0 Å². The van der Waals surface area contributed by atoms with Gasteiger partial charge in [0, 0.05) is 0 Å². The number of carboxylic acid groups (broad SMARTS) is 1. The minimum absolute atomic E-state index is 0.226. The molecule has 2 rings (SSSR count). The molecule has 1 N–H and O–H groups in total. The summed E-state index contributed by atoms with van der Waals surface area (Å²) in [5, 5.41) is 9.19. The number of aliphatic carboxylic acids is 1. The molecule has 0 heterocycles. The maximum Gasteiger partial charge on any atom is 0.306 e. The molecule has 0 aromatic heterocycles. The van der Waals surface area contributed by atoms with E-state index in [1.54, 1.807) is 0 Å². The second-order valence-corrected chi connectivity index (χ2v) is 7.09. The zero-order chi connectivity index (χ0) is 17.4. The third kappa shape index (κ3) is 5.54. The van der Waals surface area contributed by atoms with Gasteiger partial charge in [0.1, 0.15) is 5.75 Å². The zero-order valence-electron chi connectivity index (χ0n) is 15.2. The summed E-state index contributed by atoms with van der Waals surface area (Å²) in [4.78, 5) is 11.2. The molecule has 2 unspecified atom stereocenters. The summed E-state index contributed by atoms with van der Waals surface area (Å²) in [6.45, 7) is 4.45. The molecule has 1 aromatic rings. The monoisotopic (exact) mass is 332 g/mol.